The van der Waals surface area contributed by atoms with Gasteiger partial charge in [0.25, 0.3) is 5.91 Å². The first-order valence-electron chi connectivity index (χ1n) is 7.96. The highest BCUT2D eigenvalue weighted by atomic mass is 16.3. The molecule has 4 nitrogen and oxygen atoms in total. The number of hydrogen-bond donors (Lipinski definition) is 1. The van der Waals surface area contributed by atoms with Crippen LogP contribution in [0.5, 0.6) is 0 Å². The summed E-state index contributed by atoms with van der Waals surface area (Å²) in [6.07, 6.45) is 0. The summed E-state index contributed by atoms with van der Waals surface area (Å²) in [7, 11) is 0. The number of aryl methyl sites for hydroxylation is 1. The second kappa shape index (κ2) is 5.91. The predicted octanol–water partition coefficient (Wildman–Crippen LogP) is 4.51. The van der Waals surface area contributed by atoms with Crippen molar-refractivity contribution in [2.24, 2.45) is 0 Å². The first-order valence-corrected chi connectivity index (χ1v) is 7.96. The topological polar surface area (TPSA) is 59.3 Å². The average molecular weight is 329 g/mol. The van der Waals surface area contributed by atoms with Crippen LogP contribution in [0.1, 0.15) is 15.9 Å². The Morgan fingerprint density at radius 2 is 1.72 bits per heavy atom. The number of carbonyl (C=O) groups excluding carboxylic acids is 1. The summed E-state index contributed by atoms with van der Waals surface area (Å²) in [6, 6.07) is 19.5. The van der Waals surface area contributed by atoms with Gasteiger partial charge in [-0.25, -0.2) is 0 Å². The van der Waals surface area contributed by atoms with Gasteiger partial charge in [-0.05, 0) is 42.8 Å². The normalized spacial score (nSPS) is 10.9. The van der Waals surface area contributed by atoms with Gasteiger partial charge in [0.15, 0.2) is 0 Å². The summed E-state index contributed by atoms with van der Waals surface area (Å²) in [4.78, 5) is 24.9. The summed E-state index contributed by atoms with van der Waals surface area (Å²) in [5.74, 6) is -0.209. The molecular formula is C21H15NO3. The SMILES string of the molecule is Cc1cccc2c(=O)c3ccc(NC(=O)c4ccccc4)cc3oc12. The highest BCUT2D eigenvalue weighted by Crippen LogP contribution is 2.24. The van der Waals surface area contributed by atoms with Gasteiger partial charge in [0, 0.05) is 17.3 Å². The van der Waals surface area contributed by atoms with Crippen LogP contribution in [0.3, 0.4) is 0 Å². The summed E-state index contributed by atoms with van der Waals surface area (Å²) >= 11 is 0. The Balaban J connectivity index is 1.80. The van der Waals surface area contributed by atoms with Gasteiger partial charge in [0.05, 0.1) is 10.8 Å². The Bertz CT molecular complexity index is 1160. The Labute approximate surface area is 143 Å². The first kappa shape index (κ1) is 15.1. The van der Waals surface area contributed by atoms with Crippen LogP contribution in [-0.4, -0.2) is 5.91 Å². The van der Waals surface area contributed by atoms with Crippen molar-refractivity contribution in [1.82, 2.24) is 0 Å². The lowest BCUT2D eigenvalue weighted by Crippen LogP contribution is -2.12. The number of benzene rings is 3. The molecule has 0 saturated heterocycles. The van der Waals surface area contributed by atoms with Gasteiger partial charge in [-0.2, -0.15) is 0 Å². The minimum Gasteiger partial charge on any atom is -0.455 e. The average Bonchev–Trinajstić information content (AvgIpc) is 2.63. The van der Waals surface area contributed by atoms with E-state index in [4.69, 9.17) is 4.42 Å². The van der Waals surface area contributed by atoms with E-state index in [1.165, 1.54) is 0 Å². The maximum Gasteiger partial charge on any atom is 0.255 e. The molecule has 4 rings (SSSR count). The molecule has 0 atom stereocenters. The van der Waals surface area contributed by atoms with Crippen LogP contribution >= 0.6 is 0 Å². The van der Waals surface area contributed by atoms with Gasteiger partial charge < -0.3 is 9.73 Å². The van der Waals surface area contributed by atoms with Crippen LogP contribution in [0.15, 0.2) is 75.9 Å². The third-order valence-electron chi connectivity index (χ3n) is 4.19. The molecule has 0 saturated carbocycles. The number of para-hydroxylation sites is 1. The van der Waals surface area contributed by atoms with E-state index in [1.54, 1.807) is 36.4 Å². The van der Waals surface area contributed by atoms with Gasteiger partial charge >= 0.3 is 0 Å². The van der Waals surface area contributed by atoms with Gasteiger partial charge in [-0.15, -0.1) is 0 Å². The number of hydrogen-bond acceptors (Lipinski definition) is 3. The summed E-state index contributed by atoms with van der Waals surface area (Å²) in [6.45, 7) is 1.90. The molecule has 0 aliphatic rings. The molecule has 0 aliphatic carbocycles. The minimum absolute atomic E-state index is 0.0686. The van der Waals surface area contributed by atoms with E-state index in [9.17, 15) is 9.59 Å². The molecule has 4 heteroatoms. The summed E-state index contributed by atoms with van der Waals surface area (Å²) < 4.78 is 5.93. The van der Waals surface area contributed by atoms with E-state index in [0.29, 0.717) is 33.2 Å². The number of anilines is 1. The Hall–Kier alpha value is -3.40. The Morgan fingerprint density at radius 1 is 0.920 bits per heavy atom. The van der Waals surface area contributed by atoms with E-state index in [0.717, 1.165) is 5.56 Å². The number of fused-ring (bicyclic) bond motifs is 2. The molecule has 3 aromatic carbocycles. The Kier molecular flexibility index (Phi) is 3.58. The van der Waals surface area contributed by atoms with Gasteiger partial charge in [-0.1, -0.05) is 30.3 Å². The first-order chi connectivity index (χ1) is 12.1. The second-order valence-corrected chi connectivity index (χ2v) is 5.91. The van der Waals surface area contributed by atoms with E-state index < -0.39 is 0 Å². The molecule has 0 bridgehead atoms. The fourth-order valence-electron chi connectivity index (χ4n) is 2.89. The van der Waals surface area contributed by atoms with E-state index >= 15 is 0 Å². The quantitative estimate of drug-likeness (QED) is 0.551. The summed E-state index contributed by atoms with van der Waals surface area (Å²) in [5, 5.41) is 3.89. The number of carbonyl (C=O) groups is 1. The standard InChI is InChI=1S/C21H15NO3/c1-13-6-5-9-17-19(23)16-11-10-15(12-18(16)25-20(13)17)22-21(24)14-7-3-2-4-8-14/h2-12H,1H3,(H,22,24). The largest absolute Gasteiger partial charge is 0.455 e. The molecule has 0 aliphatic heterocycles. The van der Waals surface area contributed by atoms with E-state index in [1.807, 2.05) is 37.3 Å². The molecule has 0 spiro atoms. The van der Waals surface area contributed by atoms with Crippen molar-refractivity contribution in [3.05, 3.63) is 88.1 Å². The monoisotopic (exact) mass is 329 g/mol. The number of nitrogens with one attached hydrogen (secondary N) is 1. The molecule has 1 amide bonds. The van der Waals surface area contributed by atoms with Gasteiger partial charge in [0.1, 0.15) is 11.2 Å². The third-order valence-corrected chi connectivity index (χ3v) is 4.19. The lowest BCUT2D eigenvalue weighted by molar-refractivity contribution is 0.102. The molecule has 0 radical (unpaired) electrons. The lowest BCUT2D eigenvalue weighted by atomic mass is 10.1. The van der Waals surface area contributed by atoms with E-state index in [-0.39, 0.29) is 11.3 Å². The van der Waals surface area contributed by atoms with Crippen molar-refractivity contribution in [3.8, 4) is 0 Å². The highest BCUT2D eigenvalue weighted by molar-refractivity contribution is 6.05. The molecule has 1 N–H and O–H groups in total. The van der Waals surface area contributed by atoms with E-state index in [2.05, 4.69) is 5.32 Å². The fourth-order valence-corrected chi connectivity index (χ4v) is 2.89. The molecule has 1 aromatic heterocycles. The van der Waals surface area contributed by atoms with Crippen molar-refractivity contribution >= 4 is 33.5 Å². The molecular weight excluding hydrogens is 314 g/mol. The van der Waals surface area contributed by atoms with Crippen LogP contribution in [0, 0.1) is 6.92 Å². The zero-order valence-electron chi connectivity index (χ0n) is 13.6. The number of rotatable bonds is 2. The third kappa shape index (κ3) is 2.68. The molecule has 25 heavy (non-hydrogen) atoms. The van der Waals surface area contributed by atoms with Crippen molar-refractivity contribution in [2.75, 3.05) is 5.32 Å². The van der Waals surface area contributed by atoms with Crippen molar-refractivity contribution in [2.45, 2.75) is 6.92 Å². The van der Waals surface area contributed by atoms with Crippen molar-refractivity contribution < 1.29 is 9.21 Å². The van der Waals surface area contributed by atoms with Crippen LogP contribution in [0.4, 0.5) is 5.69 Å². The zero-order valence-corrected chi connectivity index (χ0v) is 13.6. The molecule has 1 heterocycles. The second-order valence-electron chi connectivity index (χ2n) is 5.91. The molecule has 0 fully saturated rings. The van der Waals surface area contributed by atoms with Crippen molar-refractivity contribution in [3.63, 3.8) is 0 Å². The predicted molar refractivity (Wildman–Crippen MR) is 99.1 cm³/mol. The minimum atomic E-state index is -0.209. The molecule has 0 unspecified atom stereocenters. The van der Waals surface area contributed by atoms with Gasteiger partial charge in [0.2, 0.25) is 5.43 Å². The smallest absolute Gasteiger partial charge is 0.255 e. The Morgan fingerprint density at radius 3 is 2.52 bits per heavy atom. The van der Waals surface area contributed by atoms with Crippen LogP contribution in [-0.2, 0) is 0 Å². The maximum absolute atomic E-state index is 12.6. The molecule has 4 aromatic rings. The number of amides is 1. The van der Waals surface area contributed by atoms with Crippen LogP contribution < -0.4 is 10.7 Å². The zero-order chi connectivity index (χ0) is 17.4. The highest BCUT2D eigenvalue weighted by Gasteiger charge is 2.11. The van der Waals surface area contributed by atoms with Crippen molar-refractivity contribution in [1.29, 1.82) is 0 Å². The lowest BCUT2D eigenvalue weighted by Gasteiger charge is -2.08. The van der Waals surface area contributed by atoms with Gasteiger partial charge in [-0.3, -0.25) is 9.59 Å². The fraction of sp³-hybridized carbons (Fsp3) is 0.0476. The molecule has 122 valence electrons. The van der Waals surface area contributed by atoms with Crippen LogP contribution in [0.25, 0.3) is 21.9 Å². The summed E-state index contributed by atoms with van der Waals surface area (Å²) in [5.41, 5.74) is 3.01. The maximum atomic E-state index is 12.6. The van der Waals surface area contributed by atoms with Crippen LogP contribution in [0.2, 0.25) is 0 Å².